The average molecular weight is 405 g/mol. The molecular weight excluding hydrogens is 391 g/mol. The number of nitrogens with one attached hydrogen (secondary N) is 1. The fourth-order valence-electron chi connectivity index (χ4n) is 2.88. The molecule has 0 saturated carbocycles. The number of aromatic nitrogens is 4. The molecule has 0 unspecified atom stereocenters. The second kappa shape index (κ2) is 6.96. The quantitative estimate of drug-likeness (QED) is 0.644. The largest absolute Gasteiger partial charge is 0.389 e. The lowest BCUT2D eigenvalue weighted by Crippen LogP contribution is -2.51. The van der Waals surface area contributed by atoms with Crippen LogP contribution in [0.1, 0.15) is 18.3 Å². The van der Waals surface area contributed by atoms with Gasteiger partial charge in [-0.25, -0.2) is 19.3 Å². The van der Waals surface area contributed by atoms with E-state index in [9.17, 15) is 9.50 Å². The van der Waals surface area contributed by atoms with Crippen molar-refractivity contribution in [1.29, 1.82) is 5.26 Å². The molecule has 3 aromatic rings. The summed E-state index contributed by atoms with van der Waals surface area (Å²) in [6, 6.07) is 2.92. The molecule has 0 atom stereocenters. The maximum Gasteiger partial charge on any atom is 0.196 e. The first-order valence-electron chi connectivity index (χ1n) is 8.24. The van der Waals surface area contributed by atoms with Crippen molar-refractivity contribution >= 4 is 40.2 Å². The van der Waals surface area contributed by atoms with E-state index in [1.165, 1.54) is 12.3 Å². The molecule has 0 spiro atoms. The third-order valence-electron chi connectivity index (χ3n) is 4.27. The highest BCUT2D eigenvalue weighted by atomic mass is 35.5. The van der Waals surface area contributed by atoms with Crippen LogP contribution in [0, 0.1) is 17.1 Å². The first kappa shape index (κ1) is 18.0. The Morgan fingerprint density at radius 3 is 2.89 bits per heavy atom. The second-order valence-electron chi connectivity index (χ2n) is 6.10. The molecule has 4 heterocycles. The SMILES string of the molecule is CCc1[nH]c2nc(Sc3cnc(C#N)c(F)c3)nc(N3CC(O)C3)c2c1Cl. The lowest BCUT2D eigenvalue weighted by molar-refractivity contribution is 0.141. The van der Waals surface area contributed by atoms with E-state index < -0.39 is 11.9 Å². The number of hydrogen-bond acceptors (Lipinski definition) is 7. The van der Waals surface area contributed by atoms with Gasteiger partial charge in [0, 0.05) is 29.9 Å². The summed E-state index contributed by atoms with van der Waals surface area (Å²) < 4.78 is 13.8. The van der Waals surface area contributed by atoms with Gasteiger partial charge in [-0.15, -0.1) is 0 Å². The number of nitrogens with zero attached hydrogens (tertiary/aromatic N) is 5. The van der Waals surface area contributed by atoms with Gasteiger partial charge in [-0.05, 0) is 24.2 Å². The Labute approximate surface area is 163 Å². The molecule has 27 heavy (non-hydrogen) atoms. The summed E-state index contributed by atoms with van der Waals surface area (Å²) in [5, 5.41) is 20.1. The van der Waals surface area contributed by atoms with E-state index in [1.54, 1.807) is 6.07 Å². The van der Waals surface area contributed by atoms with Gasteiger partial charge < -0.3 is 15.0 Å². The van der Waals surface area contributed by atoms with Crippen molar-refractivity contribution in [3.05, 3.63) is 34.5 Å². The zero-order valence-corrected chi connectivity index (χ0v) is 15.8. The fraction of sp³-hybridized carbons (Fsp3) is 0.294. The Morgan fingerprint density at radius 1 is 1.48 bits per heavy atom. The minimum atomic E-state index is -0.689. The van der Waals surface area contributed by atoms with E-state index in [0.29, 0.717) is 51.4 Å². The van der Waals surface area contributed by atoms with Crippen molar-refractivity contribution in [1.82, 2.24) is 19.9 Å². The van der Waals surface area contributed by atoms with E-state index in [1.807, 2.05) is 11.8 Å². The number of nitriles is 1. The van der Waals surface area contributed by atoms with Gasteiger partial charge in [0.15, 0.2) is 16.7 Å². The summed E-state index contributed by atoms with van der Waals surface area (Å²) in [5.74, 6) is -0.0540. The summed E-state index contributed by atoms with van der Waals surface area (Å²) in [5.41, 5.74) is 1.19. The molecule has 1 fully saturated rings. The molecular formula is C17H14ClFN6OS. The van der Waals surface area contributed by atoms with Crippen molar-refractivity contribution < 1.29 is 9.50 Å². The number of rotatable bonds is 4. The number of anilines is 1. The molecule has 1 aliphatic heterocycles. The van der Waals surface area contributed by atoms with Gasteiger partial charge in [0.05, 0.1) is 16.5 Å². The number of aliphatic hydroxyl groups is 1. The Kier molecular flexibility index (Phi) is 4.63. The van der Waals surface area contributed by atoms with Gasteiger partial charge >= 0.3 is 0 Å². The van der Waals surface area contributed by atoms with Gasteiger partial charge in [-0.2, -0.15) is 5.26 Å². The molecule has 0 bridgehead atoms. The van der Waals surface area contributed by atoms with Crippen LogP contribution in [0.25, 0.3) is 11.0 Å². The number of aliphatic hydroxyl groups excluding tert-OH is 1. The molecule has 0 amide bonds. The Morgan fingerprint density at radius 2 is 2.26 bits per heavy atom. The molecule has 3 aromatic heterocycles. The number of β-amino-alcohol motifs (C(OH)–C–C–N with tert-alkyl or cyclic N) is 1. The van der Waals surface area contributed by atoms with Gasteiger partial charge in [-0.1, -0.05) is 18.5 Å². The molecule has 138 valence electrons. The van der Waals surface area contributed by atoms with Crippen molar-refractivity contribution in [3.8, 4) is 6.07 Å². The summed E-state index contributed by atoms with van der Waals surface area (Å²) in [6.45, 7) is 2.91. The van der Waals surface area contributed by atoms with Crippen LogP contribution in [0.15, 0.2) is 22.3 Å². The van der Waals surface area contributed by atoms with Crippen molar-refractivity contribution in [3.63, 3.8) is 0 Å². The number of H-pyrrole nitrogens is 1. The number of aryl methyl sites for hydroxylation is 1. The third-order valence-corrected chi connectivity index (χ3v) is 5.51. The summed E-state index contributed by atoms with van der Waals surface area (Å²) in [4.78, 5) is 18.5. The van der Waals surface area contributed by atoms with E-state index in [2.05, 4.69) is 19.9 Å². The number of fused-ring (bicyclic) bond motifs is 1. The topological polar surface area (TPSA) is 102 Å². The predicted octanol–water partition coefficient (Wildman–Crippen LogP) is 2.91. The monoisotopic (exact) mass is 404 g/mol. The van der Waals surface area contributed by atoms with Crippen LogP contribution < -0.4 is 4.90 Å². The summed E-state index contributed by atoms with van der Waals surface area (Å²) in [7, 11) is 0. The molecule has 10 heteroatoms. The maximum absolute atomic E-state index is 13.8. The highest BCUT2D eigenvalue weighted by Gasteiger charge is 2.29. The molecule has 4 rings (SSSR count). The minimum absolute atomic E-state index is 0.255. The number of pyridine rings is 1. The molecule has 0 aliphatic carbocycles. The van der Waals surface area contributed by atoms with E-state index >= 15 is 0 Å². The molecule has 0 aromatic carbocycles. The molecule has 2 N–H and O–H groups in total. The fourth-order valence-corrected chi connectivity index (χ4v) is 3.98. The highest BCUT2D eigenvalue weighted by Crippen LogP contribution is 2.37. The number of hydrogen-bond donors (Lipinski definition) is 2. The van der Waals surface area contributed by atoms with Crippen LogP contribution in [0.5, 0.6) is 0 Å². The minimum Gasteiger partial charge on any atom is -0.389 e. The van der Waals surface area contributed by atoms with Gasteiger partial charge in [-0.3, -0.25) is 0 Å². The van der Waals surface area contributed by atoms with Crippen LogP contribution in [0.2, 0.25) is 5.02 Å². The van der Waals surface area contributed by atoms with Gasteiger partial charge in [0.25, 0.3) is 0 Å². The second-order valence-corrected chi connectivity index (χ2v) is 7.52. The predicted molar refractivity (Wildman–Crippen MR) is 99.5 cm³/mol. The zero-order valence-electron chi connectivity index (χ0n) is 14.2. The molecule has 1 saturated heterocycles. The molecule has 1 aliphatic rings. The molecule has 0 radical (unpaired) electrons. The normalized spacial score (nSPS) is 14.4. The zero-order chi connectivity index (χ0) is 19.1. The Balaban J connectivity index is 1.77. The summed E-state index contributed by atoms with van der Waals surface area (Å²) >= 11 is 7.63. The third kappa shape index (κ3) is 3.20. The van der Waals surface area contributed by atoms with Crippen LogP contribution in [-0.2, 0) is 6.42 Å². The smallest absolute Gasteiger partial charge is 0.196 e. The van der Waals surface area contributed by atoms with Gasteiger partial charge in [0.1, 0.15) is 17.5 Å². The van der Waals surface area contributed by atoms with Crippen LogP contribution in [-0.4, -0.2) is 44.2 Å². The van der Waals surface area contributed by atoms with Crippen LogP contribution in [0.3, 0.4) is 0 Å². The lowest BCUT2D eigenvalue weighted by atomic mass is 10.1. The highest BCUT2D eigenvalue weighted by molar-refractivity contribution is 7.99. The first-order chi connectivity index (χ1) is 13.0. The number of aromatic amines is 1. The standard InChI is InChI=1S/C17H14ClFN6OS/c1-2-11-14(18)13-15(22-11)23-17(24-16(13)25-6-8(26)7-25)27-9-3-10(19)12(4-20)21-5-9/h3,5,8,26H,2,6-7H2,1H3,(H,22,23,24). The van der Waals surface area contributed by atoms with Crippen molar-refractivity contribution in [2.75, 3.05) is 18.0 Å². The molecule has 7 nitrogen and oxygen atoms in total. The van der Waals surface area contributed by atoms with Crippen molar-refractivity contribution in [2.24, 2.45) is 0 Å². The van der Waals surface area contributed by atoms with Crippen LogP contribution >= 0.6 is 23.4 Å². The Hall–Kier alpha value is -2.41. The first-order valence-corrected chi connectivity index (χ1v) is 9.44. The van der Waals surface area contributed by atoms with E-state index in [4.69, 9.17) is 16.9 Å². The van der Waals surface area contributed by atoms with Crippen LogP contribution in [0.4, 0.5) is 10.2 Å². The van der Waals surface area contributed by atoms with Gasteiger partial charge in [0.2, 0.25) is 0 Å². The van der Waals surface area contributed by atoms with E-state index in [-0.39, 0.29) is 5.69 Å². The number of halogens is 2. The lowest BCUT2D eigenvalue weighted by Gasteiger charge is -2.37. The Bertz CT molecular complexity index is 1080. The summed E-state index contributed by atoms with van der Waals surface area (Å²) in [6.07, 6.45) is 1.72. The van der Waals surface area contributed by atoms with E-state index in [0.717, 1.165) is 17.5 Å². The van der Waals surface area contributed by atoms with Crippen molar-refractivity contribution in [2.45, 2.75) is 29.5 Å². The maximum atomic E-state index is 13.8. The average Bonchev–Trinajstić information content (AvgIpc) is 2.94.